The summed E-state index contributed by atoms with van der Waals surface area (Å²) in [5.74, 6) is 2.38. The summed E-state index contributed by atoms with van der Waals surface area (Å²) in [6.45, 7) is 4.31. The van der Waals surface area contributed by atoms with Gasteiger partial charge in [0.1, 0.15) is 11.5 Å². The minimum absolute atomic E-state index is 0.670. The molecule has 11 rings (SSSR count). The molecule has 9 aromatic rings. The molecular weight excluding hydrogens is 707 g/mol. The Morgan fingerprint density at radius 1 is 0.397 bits per heavy atom. The first-order valence-electron chi connectivity index (χ1n) is 19.8. The molecule has 7 aromatic carbocycles. The van der Waals surface area contributed by atoms with Crippen molar-refractivity contribution in [3.63, 3.8) is 0 Å². The van der Waals surface area contributed by atoms with Crippen LogP contribution in [0.4, 0.5) is 0 Å². The molecular formula is C54H37N3O. The van der Waals surface area contributed by atoms with Gasteiger partial charge in [-0.1, -0.05) is 146 Å². The first-order valence-corrected chi connectivity index (χ1v) is 19.8. The second-order valence-corrected chi connectivity index (χ2v) is 15.2. The molecule has 0 atom stereocenters. The molecule has 4 nitrogen and oxygen atoms in total. The van der Waals surface area contributed by atoms with E-state index in [2.05, 4.69) is 189 Å². The number of hydrogen-bond acceptors (Lipinski definition) is 4. The summed E-state index contributed by atoms with van der Waals surface area (Å²) in [6, 6.07) is 62.3. The summed E-state index contributed by atoms with van der Waals surface area (Å²) in [7, 11) is 0. The quantitative estimate of drug-likeness (QED) is 0.176. The highest BCUT2D eigenvalue weighted by Gasteiger charge is 2.51. The van der Waals surface area contributed by atoms with Gasteiger partial charge < -0.3 is 4.74 Å². The van der Waals surface area contributed by atoms with E-state index in [0.717, 1.165) is 73.0 Å². The maximum absolute atomic E-state index is 6.70. The van der Waals surface area contributed by atoms with E-state index in [4.69, 9.17) is 14.7 Å². The zero-order valence-electron chi connectivity index (χ0n) is 32.1. The second-order valence-electron chi connectivity index (χ2n) is 15.2. The summed E-state index contributed by atoms with van der Waals surface area (Å²) in [4.78, 5) is 15.4. The molecule has 0 saturated carbocycles. The Bertz CT molecular complexity index is 3020. The fourth-order valence-corrected chi connectivity index (χ4v) is 9.17. The van der Waals surface area contributed by atoms with Crippen molar-refractivity contribution < 1.29 is 4.74 Å². The molecule has 274 valence electrons. The third kappa shape index (κ3) is 5.19. The SMILES string of the molecule is Cc1cncc(-c2ccc3c(c2)C2(c4ccccc4Oc4ccccc42)c2cc(-c4nc(-c5ccccc5)cc(-c5ccccc5-c5ccccc5)n4)ccc2-3)c1C. The van der Waals surface area contributed by atoms with Gasteiger partial charge >= 0.3 is 0 Å². The lowest BCUT2D eigenvalue weighted by atomic mass is 9.65. The molecule has 0 saturated heterocycles. The lowest BCUT2D eigenvalue weighted by Gasteiger charge is -2.39. The van der Waals surface area contributed by atoms with Crippen LogP contribution in [0.3, 0.4) is 0 Å². The highest BCUT2D eigenvalue weighted by molar-refractivity contribution is 5.92. The van der Waals surface area contributed by atoms with Gasteiger partial charge in [-0.05, 0) is 94.3 Å². The number of rotatable bonds is 5. The van der Waals surface area contributed by atoms with Crippen LogP contribution >= 0.6 is 0 Å². The number of pyridine rings is 1. The number of benzene rings is 7. The summed E-state index contributed by atoms with van der Waals surface area (Å²) in [5.41, 5.74) is 18.1. The van der Waals surface area contributed by atoms with Crippen molar-refractivity contribution in [3.8, 4) is 78.8 Å². The molecule has 0 N–H and O–H groups in total. The summed E-state index contributed by atoms with van der Waals surface area (Å²) in [6.07, 6.45) is 3.93. The molecule has 0 unspecified atom stereocenters. The normalized spacial score (nSPS) is 12.9. The van der Waals surface area contributed by atoms with E-state index in [1.807, 2.05) is 18.5 Å². The fraction of sp³-hybridized carbons (Fsp3) is 0.0556. The number of para-hydroxylation sites is 2. The maximum atomic E-state index is 6.70. The van der Waals surface area contributed by atoms with Crippen molar-refractivity contribution in [1.82, 2.24) is 15.0 Å². The molecule has 2 aliphatic rings. The Morgan fingerprint density at radius 2 is 0.948 bits per heavy atom. The van der Waals surface area contributed by atoms with Gasteiger partial charge in [0, 0.05) is 45.8 Å². The average Bonchev–Trinajstić information content (AvgIpc) is 3.57. The highest BCUT2D eigenvalue weighted by atomic mass is 16.5. The van der Waals surface area contributed by atoms with Gasteiger partial charge in [-0.25, -0.2) is 9.97 Å². The number of hydrogen-bond donors (Lipinski definition) is 0. The topological polar surface area (TPSA) is 47.9 Å². The predicted molar refractivity (Wildman–Crippen MR) is 234 cm³/mol. The fourth-order valence-electron chi connectivity index (χ4n) is 9.17. The molecule has 1 aliphatic carbocycles. The zero-order chi connectivity index (χ0) is 38.8. The molecule has 0 bridgehead atoms. The van der Waals surface area contributed by atoms with E-state index in [1.54, 1.807) is 0 Å². The average molecular weight is 744 g/mol. The molecule has 4 heteroatoms. The number of nitrogens with zero attached hydrogens (tertiary/aromatic N) is 3. The van der Waals surface area contributed by atoms with E-state index >= 15 is 0 Å². The van der Waals surface area contributed by atoms with Crippen LogP contribution in [0.15, 0.2) is 188 Å². The van der Waals surface area contributed by atoms with Gasteiger partial charge in [-0.2, -0.15) is 0 Å². The van der Waals surface area contributed by atoms with Crippen molar-refractivity contribution in [3.05, 3.63) is 222 Å². The first kappa shape index (κ1) is 33.9. The van der Waals surface area contributed by atoms with Crippen LogP contribution in [0.5, 0.6) is 11.5 Å². The van der Waals surface area contributed by atoms with Crippen LogP contribution in [0, 0.1) is 13.8 Å². The monoisotopic (exact) mass is 743 g/mol. The van der Waals surface area contributed by atoms with Crippen LogP contribution in [0.2, 0.25) is 0 Å². The molecule has 1 aliphatic heterocycles. The molecule has 0 radical (unpaired) electrons. The minimum Gasteiger partial charge on any atom is -0.457 e. The molecule has 0 amide bonds. The van der Waals surface area contributed by atoms with Gasteiger partial charge in [0.25, 0.3) is 0 Å². The third-order valence-electron chi connectivity index (χ3n) is 12.1. The van der Waals surface area contributed by atoms with Crippen LogP contribution in [-0.4, -0.2) is 15.0 Å². The van der Waals surface area contributed by atoms with Gasteiger partial charge in [-0.15, -0.1) is 0 Å². The lowest BCUT2D eigenvalue weighted by molar-refractivity contribution is 0.436. The summed E-state index contributed by atoms with van der Waals surface area (Å²) in [5, 5.41) is 0. The smallest absolute Gasteiger partial charge is 0.160 e. The summed E-state index contributed by atoms with van der Waals surface area (Å²) >= 11 is 0. The maximum Gasteiger partial charge on any atom is 0.160 e. The second kappa shape index (κ2) is 13.4. The van der Waals surface area contributed by atoms with Crippen molar-refractivity contribution >= 4 is 0 Å². The predicted octanol–water partition coefficient (Wildman–Crippen LogP) is 13.3. The Balaban J connectivity index is 1.18. The lowest BCUT2D eigenvalue weighted by Crippen LogP contribution is -2.32. The first-order chi connectivity index (χ1) is 28.6. The van der Waals surface area contributed by atoms with Crippen LogP contribution in [0.25, 0.3) is 67.3 Å². The molecule has 2 aromatic heterocycles. The van der Waals surface area contributed by atoms with Crippen LogP contribution < -0.4 is 4.74 Å². The number of aryl methyl sites for hydroxylation is 1. The van der Waals surface area contributed by atoms with Crippen molar-refractivity contribution in [2.75, 3.05) is 0 Å². The Morgan fingerprint density at radius 3 is 1.64 bits per heavy atom. The summed E-state index contributed by atoms with van der Waals surface area (Å²) < 4.78 is 6.70. The van der Waals surface area contributed by atoms with Crippen molar-refractivity contribution in [2.45, 2.75) is 19.3 Å². The largest absolute Gasteiger partial charge is 0.457 e. The standard InChI is InChI=1S/C54H37N3O/c1-34-32-55-33-44(35(34)2)38-25-27-41-42-28-26-39(30-48(42)54(47(41)29-38)45-21-11-13-23-51(45)58-52-24-14-12-22-46(52)54)53-56-49(37-17-7-4-8-18-37)31-50(57-53)43-20-10-9-19-40(43)36-15-5-3-6-16-36/h3-33H,1-2H3. The Labute approximate surface area is 338 Å². The van der Waals surface area contributed by atoms with Crippen molar-refractivity contribution in [2.24, 2.45) is 0 Å². The van der Waals surface area contributed by atoms with E-state index in [-0.39, 0.29) is 0 Å². The number of aromatic nitrogens is 3. The van der Waals surface area contributed by atoms with Crippen LogP contribution in [0.1, 0.15) is 33.4 Å². The van der Waals surface area contributed by atoms with E-state index < -0.39 is 5.41 Å². The van der Waals surface area contributed by atoms with Crippen molar-refractivity contribution in [1.29, 1.82) is 0 Å². The highest BCUT2D eigenvalue weighted by Crippen LogP contribution is 2.62. The van der Waals surface area contributed by atoms with Gasteiger partial charge in [-0.3, -0.25) is 4.98 Å². The van der Waals surface area contributed by atoms with Gasteiger partial charge in [0.05, 0.1) is 16.8 Å². The van der Waals surface area contributed by atoms with E-state index in [9.17, 15) is 0 Å². The third-order valence-corrected chi connectivity index (χ3v) is 12.1. The van der Waals surface area contributed by atoms with E-state index in [1.165, 1.54) is 33.4 Å². The van der Waals surface area contributed by atoms with Crippen LogP contribution in [-0.2, 0) is 5.41 Å². The molecule has 1 spiro atoms. The zero-order valence-corrected chi connectivity index (χ0v) is 32.1. The minimum atomic E-state index is -0.674. The van der Waals surface area contributed by atoms with E-state index in [0.29, 0.717) is 5.82 Å². The Hall–Kier alpha value is -7.43. The molecule has 0 fully saturated rings. The number of ether oxygens (including phenoxy) is 1. The van der Waals surface area contributed by atoms with Gasteiger partial charge in [0.15, 0.2) is 5.82 Å². The molecule has 58 heavy (non-hydrogen) atoms. The molecule has 3 heterocycles. The number of fused-ring (bicyclic) bond motifs is 9. The Kier molecular flexibility index (Phi) is 7.80. The van der Waals surface area contributed by atoms with Gasteiger partial charge in [0.2, 0.25) is 0 Å².